The summed E-state index contributed by atoms with van der Waals surface area (Å²) in [7, 11) is 0. The van der Waals surface area contributed by atoms with Crippen LogP contribution in [0, 0.1) is 0 Å². The van der Waals surface area contributed by atoms with Crippen LogP contribution in [0.1, 0.15) is 36.2 Å². The van der Waals surface area contributed by atoms with Gasteiger partial charge in [-0.3, -0.25) is 0 Å². The lowest BCUT2D eigenvalue weighted by Gasteiger charge is -2.11. The molecule has 3 nitrogen and oxygen atoms in total. The summed E-state index contributed by atoms with van der Waals surface area (Å²) in [6.45, 7) is 4.74. The standard InChI is InChI=1S/C14H17ClN2OS/c1-10(2)14-16-9-13(12(8-15)17-14)18-6-5-11-4-3-7-19-11/h3-4,7,9-10H,5-6,8H2,1-2H3. The molecule has 2 rings (SSSR count). The van der Waals surface area contributed by atoms with E-state index in [9.17, 15) is 0 Å². The number of nitrogens with zero attached hydrogens (tertiary/aromatic N) is 2. The van der Waals surface area contributed by atoms with Crippen LogP contribution >= 0.6 is 22.9 Å². The average Bonchev–Trinajstić information content (AvgIpc) is 2.92. The first kappa shape index (κ1) is 14.3. The van der Waals surface area contributed by atoms with E-state index in [1.807, 2.05) is 6.07 Å². The van der Waals surface area contributed by atoms with Crippen molar-refractivity contribution in [2.75, 3.05) is 6.61 Å². The number of halogens is 1. The fourth-order valence-electron chi connectivity index (χ4n) is 1.63. The minimum atomic E-state index is 0.294. The van der Waals surface area contributed by atoms with Gasteiger partial charge in [-0.2, -0.15) is 0 Å². The predicted octanol–water partition coefficient (Wildman–Crippen LogP) is 4.02. The van der Waals surface area contributed by atoms with Crippen molar-refractivity contribution in [2.24, 2.45) is 0 Å². The molecule has 0 radical (unpaired) electrons. The van der Waals surface area contributed by atoms with Gasteiger partial charge in [0, 0.05) is 17.2 Å². The van der Waals surface area contributed by atoms with Crippen molar-refractivity contribution in [3.05, 3.63) is 40.1 Å². The van der Waals surface area contributed by atoms with Crippen LogP contribution in [0.3, 0.4) is 0 Å². The predicted molar refractivity (Wildman–Crippen MR) is 79.2 cm³/mol. The minimum Gasteiger partial charge on any atom is -0.490 e. The van der Waals surface area contributed by atoms with Crippen molar-refractivity contribution in [1.29, 1.82) is 0 Å². The molecule has 0 spiro atoms. The van der Waals surface area contributed by atoms with Gasteiger partial charge in [-0.15, -0.1) is 22.9 Å². The van der Waals surface area contributed by atoms with Gasteiger partial charge in [-0.05, 0) is 11.4 Å². The normalized spacial score (nSPS) is 10.9. The molecule has 2 aromatic heterocycles. The molecule has 2 heterocycles. The Bertz CT molecular complexity index is 514. The van der Waals surface area contributed by atoms with Crippen molar-refractivity contribution in [3.8, 4) is 5.75 Å². The summed E-state index contributed by atoms with van der Waals surface area (Å²) in [6.07, 6.45) is 2.62. The Kier molecular flexibility index (Phi) is 5.16. The van der Waals surface area contributed by atoms with Crippen LogP contribution in [0.15, 0.2) is 23.7 Å². The van der Waals surface area contributed by atoms with E-state index in [0.29, 0.717) is 24.2 Å². The molecular formula is C14H17ClN2OS. The van der Waals surface area contributed by atoms with Crippen LogP contribution in [0.5, 0.6) is 5.75 Å². The smallest absolute Gasteiger partial charge is 0.160 e. The zero-order valence-electron chi connectivity index (χ0n) is 11.1. The van der Waals surface area contributed by atoms with E-state index in [4.69, 9.17) is 16.3 Å². The maximum absolute atomic E-state index is 5.92. The molecule has 0 atom stereocenters. The quantitative estimate of drug-likeness (QED) is 0.755. The summed E-state index contributed by atoms with van der Waals surface area (Å²) in [5, 5.41) is 2.07. The van der Waals surface area contributed by atoms with Gasteiger partial charge in [0.05, 0.1) is 18.7 Å². The van der Waals surface area contributed by atoms with E-state index in [1.54, 1.807) is 17.5 Å². The molecule has 0 unspecified atom stereocenters. The molecular weight excluding hydrogens is 280 g/mol. The summed E-state index contributed by atoms with van der Waals surface area (Å²) >= 11 is 7.66. The van der Waals surface area contributed by atoms with E-state index < -0.39 is 0 Å². The third kappa shape index (κ3) is 3.91. The summed E-state index contributed by atoms with van der Waals surface area (Å²) in [5.74, 6) is 2.13. The molecule has 0 amide bonds. The highest BCUT2D eigenvalue weighted by Crippen LogP contribution is 2.20. The zero-order valence-corrected chi connectivity index (χ0v) is 12.7. The molecule has 0 aromatic carbocycles. The second kappa shape index (κ2) is 6.87. The van der Waals surface area contributed by atoms with Crippen LogP contribution in [-0.2, 0) is 12.3 Å². The Hall–Kier alpha value is -1.13. The molecule has 0 aliphatic carbocycles. The Morgan fingerprint density at radius 1 is 1.42 bits per heavy atom. The molecule has 0 fully saturated rings. The zero-order chi connectivity index (χ0) is 13.7. The van der Waals surface area contributed by atoms with Crippen LogP contribution in [0.25, 0.3) is 0 Å². The lowest BCUT2D eigenvalue weighted by Crippen LogP contribution is -2.06. The Morgan fingerprint density at radius 2 is 2.26 bits per heavy atom. The molecule has 2 aromatic rings. The molecule has 19 heavy (non-hydrogen) atoms. The van der Waals surface area contributed by atoms with Gasteiger partial charge in [0.15, 0.2) is 5.75 Å². The lowest BCUT2D eigenvalue weighted by atomic mass is 10.2. The summed E-state index contributed by atoms with van der Waals surface area (Å²) in [6, 6.07) is 4.15. The van der Waals surface area contributed by atoms with Crippen molar-refractivity contribution in [2.45, 2.75) is 32.1 Å². The molecule has 0 saturated carbocycles. The third-order valence-electron chi connectivity index (χ3n) is 2.68. The number of alkyl halides is 1. The van der Waals surface area contributed by atoms with Crippen molar-refractivity contribution in [3.63, 3.8) is 0 Å². The van der Waals surface area contributed by atoms with Crippen LogP contribution in [0.2, 0.25) is 0 Å². The summed E-state index contributed by atoms with van der Waals surface area (Å²) in [5.41, 5.74) is 0.770. The monoisotopic (exact) mass is 296 g/mol. The van der Waals surface area contributed by atoms with Gasteiger partial charge in [0.2, 0.25) is 0 Å². The number of hydrogen-bond donors (Lipinski definition) is 0. The minimum absolute atomic E-state index is 0.294. The van der Waals surface area contributed by atoms with Crippen LogP contribution < -0.4 is 4.74 Å². The van der Waals surface area contributed by atoms with Gasteiger partial charge in [0.1, 0.15) is 11.5 Å². The second-order valence-corrected chi connectivity index (χ2v) is 5.80. The SMILES string of the molecule is CC(C)c1ncc(OCCc2cccs2)c(CCl)n1. The fourth-order valence-corrected chi connectivity index (χ4v) is 2.51. The maximum atomic E-state index is 5.92. The van der Waals surface area contributed by atoms with E-state index >= 15 is 0 Å². The highest BCUT2D eigenvalue weighted by molar-refractivity contribution is 7.09. The van der Waals surface area contributed by atoms with Gasteiger partial charge in [-0.1, -0.05) is 19.9 Å². The Balaban J connectivity index is 1.99. The first-order chi connectivity index (χ1) is 9.20. The van der Waals surface area contributed by atoms with E-state index in [-0.39, 0.29) is 0 Å². The van der Waals surface area contributed by atoms with E-state index in [2.05, 4.69) is 35.3 Å². The van der Waals surface area contributed by atoms with Gasteiger partial charge in [-0.25, -0.2) is 9.97 Å². The van der Waals surface area contributed by atoms with Gasteiger partial charge < -0.3 is 4.74 Å². The highest BCUT2D eigenvalue weighted by Gasteiger charge is 2.10. The fraction of sp³-hybridized carbons (Fsp3) is 0.429. The number of aromatic nitrogens is 2. The van der Waals surface area contributed by atoms with E-state index in [1.165, 1.54) is 4.88 Å². The molecule has 0 aliphatic heterocycles. The largest absolute Gasteiger partial charge is 0.490 e. The van der Waals surface area contributed by atoms with Crippen molar-refractivity contribution >= 4 is 22.9 Å². The first-order valence-electron chi connectivity index (χ1n) is 6.27. The van der Waals surface area contributed by atoms with Gasteiger partial charge >= 0.3 is 0 Å². The average molecular weight is 297 g/mol. The van der Waals surface area contributed by atoms with Crippen molar-refractivity contribution < 1.29 is 4.74 Å². The molecule has 0 aliphatic rings. The first-order valence-corrected chi connectivity index (χ1v) is 7.69. The highest BCUT2D eigenvalue weighted by atomic mass is 35.5. The number of thiophene rings is 1. The molecule has 0 N–H and O–H groups in total. The molecule has 0 saturated heterocycles. The van der Waals surface area contributed by atoms with Gasteiger partial charge in [0.25, 0.3) is 0 Å². The maximum Gasteiger partial charge on any atom is 0.160 e. The molecule has 0 bridgehead atoms. The number of hydrogen-bond acceptors (Lipinski definition) is 4. The van der Waals surface area contributed by atoms with E-state index in [0.717, 1.165) is 17.9 Å². The Morgan fingerprint density at radius 3 is 2.89 bits per heavy atom. The van der Waals surface area contributed by atoms with Crippen LogP contribution in [-0.4, -0.2) is 16.6 Å². The third-order valence-corrected chi connectivity index (χ3v) is 3.87. The molecule has 5 heteroatoms. The second-order valence-electron chi connectivity index (χ2n) is 4.51. The Labute approximate surface area is 122 Å². The summed E-state index contributed by atoms with van der Waals surface area (Å²) < 4.78 is 5.73. The number of rotatable bonds is 6. The van der Waals surface area contributed by atoms with Crippen molar-refractivity contribution in [1.82, 2.24) is 9.97 Å². The topological polar surface area (TPSA) is 35.0 Å². The summed E-state index contributed by atoms with van der Waals surface area (Å²) in [4.78, 5) is 10.1. The molecule has 102 valence electrons. The van der Waals surface area contributed by atoms with Crippen LogP contribution in [0.4, 0.5) is 0 Å². The lowest BCUT2D eigenvalue weighted by molar-refractivity contribution is 0.316. The number of ether oxygens (including phenoxy) is 1.